The molecule has 4 nitrogen and oxygen atoms in total. The van der Waals surface area contributed by atoms with Crippen molar-refractivity contribution < 1.29 is 19.1 Å². The molecule has 0 aliphatic rings. The highest BCUT2D eigenvalue weighted by Crippen LogP contribution is 2.18. The maximum Gasteiger partial charge on any atom is 0.307 e. The number of halogens is 1. The Morgan fingerprint density at radius 3 is 2.48 bits per heavy atom. The van der Waals surface area contributed by atoms with E-state index >= 15 is 0 Å². The minimum atomic E-state index is -1.11. The highest BCUT2D eigenvalue weighted by molar-refractivity contribution is 5.88. The molecule has 1 aromatic carbocycles. The summed E-state index contributed by atoms with van der Waals surface area (Å²) in [6.07, 6.45) is 0.564. The van der Waals surface area contributed by atoms with Crippen LogP contribution in [0, 0.1) is 17.7 Å². The second-order valence-corrected chi connectivity index (χ2v) is 5.41. The van der Waals surface area contributed by atoms with Gasteiger partial charge in [-0.2, -0.15) is 0 Å². The van der Waals surface area contributed by atoms with Gasteiger partial charge in [0.25, 0.3) is 0 Å². The van der Waals surface area contributed by atoms with E-state index in [4.69, 9.17) is 5.73 Å². The van der Waals surface area contributed by atoms with Crippen LogP contribution in [0.5, 0.6) is 0 Å². The summed E-state index contributed by atoms with van der Waals surface area (Å²) >= 11 is 0. The number of hydrogen-bond donors (Lipinski definition) is 2. The van der Waals surface area contributed by atoms with E-state index in [0.29, 0.717) is 5.56 Å². The zero-order chi connectivity index (χ0) is 16.0. The third kappa shape index (κ3) is 4.93. The second kappa shape index (κ2) is 7.88. The van der Waals surface area contributed by atoms with Gasteiger partial charge in [0.2, 0.25) is 0 Å². The molecule has 0 saturated heterocycles. The summed E-state index contributed by atoms with van der Waals surface area (Å²) in [7, 11) is 0. The van der Waals surface area contributed by atoms with E-state index in [9.17, 15) is 19.1 Å². The number of carbonyl (C=O) groups excluding carboxylic acids is 1. The number of carboxylic acid groups (broad SMARTS) is 1. The van der Waals surface area contributed by atoms with Gasteiger partial charge >= 0.3 is 5.97 Å². The van der Waals surface area contributed by atoms with Crippen LogP contribution in [0.4, 0.5) is 4.39 Å². The van der Waals surface area contributed by atoms with Gasteiger partial charge in [-0.1, -0.05) is 38.5 Å². The average molecular weight is 295 g/mol. The first kappa shape index (κ1) is 17.3. The van der Waals surface area contributed by atoms with Crippen LogP contribution in [0.2, 0.25) is 0 Å². The van der Waals surface area contributed by atoms with Crippen molar-refractivity contribution in [2.45, 2.75) is 39.2 Å². The molecule has 0 spiro atoms. The van der Waals surface area contributed by atoms with Gasteiger partial charge in [0.15, 0.2) is 5.78 Å². The highest BCUT2D eigenvalue weighted by Gasteiger charge is 2.27. The normalized spacial score (nSPS) is 15.2. The second-order valence-electron chi connectivity index (χ2n) is 5.41. The van der Waals surface area contributed by atoms with Crippen molar-refractivity contribution in [2.75, 3.05) is 0 Å². The third-order valence-electron chi connectivity index (χ3n) is 3.85. The van der Waals surface area contributed by atoms with Crippen LogP contribution in [0.25, 0.3) is 0 Å². The fraction of sp³-hybridized carbons (Fsp3) is 0.500. The maximum absolute atomic E-state index is 13.6. The Labute approximate surface area is 124 Å². The van der Waals surface area contributed by atoms with Gasteiger partial charge in [-0.25, -0.2) is 4.39 Å². The van der Waals surface area contributed by atoms with Crippen molar-refractivity contribution in [3.8, 4) is 0 Å². The molecule has 1 unspecified atom stereocenters. The molecule has 0 fully saturated rings. The Kier molecular flexibility index (Phi) is 6.49. The van der Waals surface area contributed by atoms with E-state index in [-0.39, 0.29) is 24.5 Å². The van der Waals surface area contributed by atoms with Crippen molar-refractivity contribution in [3.63, 3.8) is 0 Å². The van der Waals surface area contributed by atoms with Gasteiger partial charge in [0, 0.05) is 6.42 Å². The fourth-order valence-corrected chi connectivity index (χ4v) is 2.13. The van der Waals surface area contributed by atoms with E-state index in [1.807, 2.05) is 13.8 Å². The Morgan fingerprint density at radius 1 is 1.33 bits per heavy atom. The predicted molar refractivity (Wildman–Crippen MR) is 78.3 cm³/mol. The Balaban J connectivity index is 2.77. The molecule has 0 amide bonds. The van der Waals surface area contributed by atoms with Gasteiger partial charge in [-0.15, -0.1) is 0 Å². The van der Waals surface area contributed by atoms with Crippen molar-refractivity contribution >= 4 is 11.8 Å². The lowest BCUT2D eigenvalue weighted by atomic mass is 9.88. The Morgan fingerprint density at radius 2 is 1.95 bits per heavy atom. The Hall–Kier alpha value is -1.75. The lowest BCUT2D eigenvalue weighted by Gasteiger charge is -2.19. The predicted octanol–water partition coefficient (Wildman–Crippen LogP) is 2.40. The number of carbonyl (C=O) groups is 2. The lowest BCUT2D eigenvalue weighted by Crippen LogP contribution is -2.38. The van der Waals surface area contributed by atoms with E-state index in [2.05, 4.69) is 0 Å². The van der Waals surface area contributed by atoms with Crippen molar-refractivity contribution in [2.24, 2.45) is 17.6 Å². The molecule has 0 radical (unpaired) electrons. The lowest BCUT2D eigenvalue weighted by molar-refractivity contribution is -0.144. The zero-order valence-electron chi connectivity index (χ0n) is 12.4. The first-order chi connectivity index (χ1) is 9.86. The summed E-state index contributed by atoms with van der Waals surface area (Å²) in [5.41, 5.74) is 6.13. The summed E-state index contributed by atoms with van der Waals surface area (Å²) in [5, 5.41) is 9.24. The number of Topliss-reactive ketones (excluding diaryl/α,β-unsaturated/α-hetero) is 1. The van der Waals surface area contributed by atoms with Crippen LogP contribution in [0.1, 0.15) is 32.3 Å². The molecular weight excluding hydrogens is 273 g/mol. The zero-order valence-corrected chi connectivity index (χ0v) is 12.4. The Bertz CT molecular complexity index is 504. The van der Waals surface area contributed by atoms with Crippen LogP contribution in [-0.2, 0) is 16.0 Å². The van der Waals surface area contributed by atoms with Gasteiger partial charge in [0.1, 0.15) is 5.82 Å². The molecule has 1 aromatic rings. The van der Waals surface area contributed by atoms with E-state index < -0.39 is 23.7 Å². The van der Waals surface area contributed by atoms with Gasteiger partial charge in [-0.05, 0) is 24.0 Å². The van der Waals surface area contributed by atoms with Crippen molar-refractivity contribution in [3.05, 3.63) is 35.6 Å². The summed E-state index contributed by atoms with van der Waals surface area (Å²) in [4.78, 5) is 23.3. The molecule has 3 N–H and O–H groups in total. The molecule has 5 heteroatoms. The van der Waals surface area contributed by atoms with E-state index in [0.717, 1.165) is 6.42 Å². The maximum atomic E-state index is 13.6. The molecule has 3 atom stereocenters. The fourth-order valence-electron chi connectivity index (χ4n) is 2.13. The number of ketones is 1. The number of aliphatic carboxylic acids is 1. The monoisotopic (exact) mass is 295 g/mol. The molecule has 0 aliphatic heterocycles. The highest BCUT2D eigenvalue weighted by atomic mass is 19.1. The van der Waals surface area contributed by atoms with Gasteiger partial charge in [-0.3, -0.25) is 9.59 Å². The quantitative estimate of drug-likeness (QED) is 0.771. The first-order valence-electron chi connectivity index (χ1n) is 7.11. The van der Waals surface area contributed by atoms with Crippen LogP contribution in [0.3, 0.4) is 0 Å². The van der Waals surface area contributed by atoms with Crippen LogP contribution in [0.15, 0.2) is 24.3 Å². The van der Waals surface area contributed by atoms with Gasteiger partial charge < -0.3 is 10.8 Å². The third-order valence-corrected chi connectivity index (χ3v) is 3.85. The largest absolute Gasteiger partial charge is 0.481 e. The summed E-state index contributed by atoms with van der Waals surface area (Å²) in [5.74, 6) is -2.80. The molecule has 0 saturated carbocycles. The van der Waals surface area contributed by atoms with Crippen molar-refractivity contribution in [1.29, 1.82) is 0 Å². The minimum Gasteiger partial charge on any atom is -0.481 e. The first-order valence-corrected chi connectivity index (χ1v) is 7.11. The number of hydrogen-bond acceptors (Lipinski definition) is 3. The number of rotatable bonds is 8. The van der Waals surface area contributed by atoms with Crippen molar-refractivity contribution in [1.82, 2.24) is 0 Å². The molecule has 0 bridgehead atoms. The standard InChI is InChI=1S/C16H22FNO3/c1-3-10(2)15(18)14(19)9-12(16(20)21)8-11-6-4-5-7-13(11)17/h4-7,10,12,15H,3,8-9,18H2,1-2H3,(H,20,21)/t10-,12?,15-/m0/s1. The SMILES string of the molecule is CC[C@H](C)[C@H](N)C(=O)CC(Cc1ccccc1F)C(=O)O. The number of carboxylic acids is 1. The van der Waals surface area contributed by atoms with E-state index in [1.165, 1.54) is 12.1 Å². The number of nitrogens with two attached hydrogens (primary N) is 1. The van der Waals surface area contributed by atoms with Crippen LogP contribution in [-0.4, -0.2) is 22.9 Å². The summed E-state index contributed by atoms with van der Waals surface area (Å²) in [6.45, 7) is 3.78. The molecule has 1 rings (SSSR count). The van der Waals surface area contributed by atoms with E-state index in [1.54, 1.807) is 12.1 Å². The molecule has 21 heavy (non-hydrogen) atoms. The minimum absolute atomic E-state index is 0.000376. The average Bonchev–Trinajstić information content (AvgIpc) is 2.46. The molecule has 0 heterocycles. The molecule has 0 aliphatic carbocycles. The summed E-state index contributed by atoms with van der Waals surface area (Å²) < 4.78 is 13.6. The van der Waals surface area contributed by atoms with Crippen LogP contribution < -0.4 is 5.73 Å². The van der Waals surface area contributed by atoms with Gasteiger partial charge in [0.05, 0.1) is 12.0 Å². The topological polar surface area (TPSA) is 80.4 Å². The molecule has 116 valence electrons. The molecule has 0 aromatic heterocycles. The number of benzene rings is 1. The molecular formula is C16H22FNO3. The summed E-state index contributed by atoms with van der Waals surface area (Å²) in [6, 6.07) is 5.32. The smallest absolute Gasteiger partial charge is 0.307 e. The van der Waals surface area contributed by atoms with Crippen LogP contribution >= 0.6 is 0 Å².